The minimum absolute atomic E-state index is 0.0382. The van der Waals surface area contributed by atoms with Crippen LogP contribution in [0.4, 0.5) is 5.69 Å². The second-order valence-corrected chi connectivity index (χ2v) is 8.48. The van der Waals surface area contributed by atoms with Crippen LogP contribution in [0, 0.1) is 0 Å². The van der Waals surface area contributed by atoms with E-state index in [-0.39, 0.29) is 9.92 Å². The lowest BCUT2D eigenvalue weighted by molar-refractivity contribution is 0.521. The summed E-state index contributed by atoms with van der Waals surface area (Å²) < 4.78 is 25.7. The summed E-state index contributed by atoms with van der Waals surface area (Å²) in [4.78, 5) is 0.0382. The van der Waals surface area contributed by atoms with Crippen molar-refractivity contribution in [3.8, 4) is 0 Å². The number of hydrogen-bond acceptors (Lipinski definition) is 3. The molecule has 8 heteroatoms. The molecule has 0 amide bonds. The van der Waals surface area contributed by atoms with Gasteiger partial charge in [0.1, 0.15) is 4.90 Å². The topological polar surface area (TPSA) is 61.4 Å². The minimum atomic E-state index is -3.62. The average Bonchev–Trinajstić information content (AvgIpc) is 2.57. The molecule has 5 nitrogen and oxygen atoms in total. The Bertz CT molecular complexity index is 840. The van der Waals surface area contributed by atoms with Crippen LogP contribution in [0.1, 0.15) is 5.56 Å². The highest BCUT2D eigenvalue weighted by atomic mass is 35.5. The molecule has 25 heavy (non-hydrogen) atoms. The third kappa shape index (κ3) is 5.40. The predicted molar refractivity (Wildman–Crippen MR) is 107 cm³/mol. The molecule has 0 spiro atoms. The van der Waals surface area contributed by atoms with Crippen molar-refractivity contribution in [2.45, 2.75) is 11.3 Å². The quantitative estimate of drug-likeness (QED) is 0.733. The van der Waals surface area contributed by atoms with Gasteiger partial charge in [0.25, 0.3) is 0 Å². The fraction of sp³-hybridized carbons (Fsp3) is 0.235. The highest BCUT2D eigenvalue weighted by molar-refractivity contribution is 7.89. The summed E-state index contributed by atoms with van der Waals surface area (Å²) in [5.41, 5.74) is 1.77. The Morgan fingerprint density at radius 1 is 1.16 bits per heavy atom. The highest BCUT2D eigenvalue weighted by Gasteiger charge is 2.21. The van der Waals surface area contributed by atoms with E-state index in [2.05, 4.69) is 22.8 Å². The summed E-state index contributed by atoms with van der Waals surface area (Å²) in [5, 5.41) is 6.68. The monoisotopic (exact) mass is 397 g/mol. The van der Waals surface area contributed by atoms with Gasteiger partial charge < -0.3 is 10.6 Å². The molecule has 2 rings (SSSR count). The molecular formula is C17H20ClN3O2S2. The highest BCUT2D eigenvalue weighted by Crippen LogP contribution is 2.26. The normalized spacial score (nSPS) is 11.4. The SMILES string of the molecule is CN(C)S(=O)(=O)c1cc(NC(=S)NCCc2ccccc2)ccc1Cl. The van der Waals surface area contributed by atoms with E-state index in [4.69, 9.17) is 23.8 Å². The van der Waals surface area contributed by atoms with Crippen molar-refractivity contribution >= 4 is 44.6 Å². The lowest BCUT2D eigenvalue weighted by Crippen LogP contribution is -2.30. The molecule has 0 bridgehead atoms. The van der Waals surface area contributed by atoms with Crippen LogP contribution in [0.3, 0.4) is 0 Å². The van der Waals surface area contributed by atoms with Crippen LogP contribution >= 0.6 is 23.8 Å². The fourth-order valence-corrected chi connectivity index (χ4v) is 3.73. The van der Waals surface area contributed by atoms with Crippen molar-refractivity contribution in [2.75, 3.05) is 26.0 Å². The van der Waals surface area contributed by atoms with Crippen LogP contribution in [0.5, 0.6) is 0 Å². The van der Waals surface area contributed by atoms with Crippen LogP contribution < -0.4 is 10.6 Å². The zero-order valence-electron chi connectivity index (χ0n) is 14.0. The van der Waals surface area contributed by atoms with Gasteiger partial charge in [-0.1, -0.05) is 41.9 Å². The third-order valence-electron chi connectivity index (χ3n) is 3.49. The first-order chi connectivity index (χ1) is 11.8. The summed E-state index contributed by atoms with van der Waals surface area (Å²) >= 11 is 11.3. The Kier molecular flexibility index (Phi) is 6.78. The van der Waals surface area contributed by atoms with Gasteiger partial charge in [0.05, 0.1) is 5.02 Å². The third-order valence-corrected chi connectivity index (χ3v) is 6.03. The molecule has 0 aliphatic rings. The van der Waals surface area contributed by atoms with Crippen molar-refractivity contribution in [1.82, 2.24) is 9.62 Å². The average molecular weight is 398 g/mol. The summed E-state index contributed by atoms with van der Waals surface area (Å²) in [6.45, 7) is 0.673. The number of nitrogens with one attached hydrogen (secondary N) is 2. The summed E-state index contributed by atoms with van der Waals surface area (Å²) in [7, 11) is -0.701. The van der Waals surface area contributed by atoms with E-state index in [1.807, 2.05) is 18.2 Å². The molecule has 134 valence electrons. The largest absolute Gasteiger partial charge is 0.362 e. The van der Waals surface area contributed by atoms with Gasteiger partial charge in [0.2, 0.25) is 10.0 Å². The Hall–Kier alpha value is -1.67. The summed E-state index contributed by atoms with van der Waals surface area (Å²) in [6.07, 6.45) is 0.837. The molecule has 0 aliphatic carbocycles. The van der Waals surface area contributed by atoms with Gasteiger partial charge in [-0.2, -0.15) is 0 Å². The van der Waals surface area contributed by atoms with Crippen molar-refractivity contribution < 1.29 is 8.42 Å². The first-order valence-corrected chi connectivity index (χ1v) is 9.84. The maximum absolute atomic E-state index is 12.3. The zero-order valence-corrected chi connectivity index (χ0v) is 16.4. The van der Waals surface area contributed by atoms with Crippen LogP contribution in [0.2, 0.25) is 5.02 Å². The molecule has 0 saturated heterocycles. The lowest BCUT2D eigenvalue weighted by Gasteiger charge is -2.15. The minimum Gasteiger partial charge on any atom is -0.362 e. The van der Waals surface area contributed by atoms with Gasteiger partial charge in [0, 0.05) is 26.3 Å². The molecule has 2 N–H and O–H groups in total. The zero-order chi connectivity index (χ0) is 18.4. The number of thiocarbonyl (C=S) groups is 1. The van der Waals surface area contributed by atoms with E-state index < -0.39 is 10.0 Å². The standard InChI is InChI=1S/C17H20ClN3O2S2/c1-21(2)25(22,23)16-12-14(8-9-15(16)18)20-17(24)19-11-10-13-6-4-3-5-7-13/h3-9,12H,10-11H2,1-2H3,(H2,19,20,24). The second kappa shape index (κ2) is 8.62. The van der Waals surface area contributed by atoms with Crippen molar-refractivity contribution in [3.63, 3.8) is 0 Å². The Labute approximate surface area is 159 Å². The smallest absolute Gasteiger partial charge is 0.244 e. The van der Waals surface area contributed by atoms with Gasteiger partial charge >= 0.3 is 0 Å². The Morgan fingerprint density at radius 2 is 1.84 bits per heavy atom. The van der Waals surface area contributed by atoms with Crippen LogP contribution in [-0.4, -0.2) is 38.5 Å². The molecule has 0 fully saturated rings. The molecule has 0 aliphatic heterocycles. The predicted octanol–water partition coefficient (Wildman–Crippen LogP) is 3.12. The summed E-state index contributed by atoms with van der Waals surface area (Å²) in [5.74, 6) is 0. The Balaban J connectivity index is 1.99. The maximum Gasteiger partial charge on any atom is 0.244 e. The van der Waals surface area contributed by atoms with E-state index in [1.165, 1.54) is 31.8 Å². The molecule has 2 aromatic carbocycles. The van der Waals surface area contributed by atoms with Gasteiger partial charge in [0.15, 0.2) is 5.11 Å². The molecule has 2 aromatic rings. The molecule has 0 atom stereocenters. The molecule has 0 aromatic heterocycles. The molecule has 0 saturated carbocycles. The van der Waals surface area contributed by atoms with E-state index in [0.717, 1.165) is 10.7 Å². The Morgan fingerprint density at radius 3 is 2.48 bits per heavy atom. The van der Waals surface area contributed by atoms with Gasteiger partial charge in [-0.25, -0.2) is 12.7 Å². The number of sulfonamides is 1. The first-order valence-electron chi connectivity index (χ1n) is 7.61. The molecule has 0 unspecified atom stereocenters. The van der Waals surface area contributed by atoms with Gasteiger partial charge in [-0.3, -0.25) is 0 Å². The maximum atomic E-state index is 12.3. The summed E-state index contributed by atoms with van der Waals surface area (Å²) in [6, 6.07) is 14.8. The number of anilines is 1. The van der Waals surface area contributed by atoms with E-state index >= 15 is 0 Å². The fourth-order valence-electron chi connectivity index (χ4n) is 2.12. The van der Waals surface area contributed by atoms with Crippen LogP contribution in [-0.2, 0) is 16.4 Å². The van der Waals surface area contributed by atoms with Crippen molar-refractivity contribution in [1.29, 1.82) is 0 Å². The van der Waals surface area contributed by atoms with Gasteiger partial charge in [-0.05, 0) is 42.4 Å². The molecule has 0 heterocycles. The number of nitrogens with zero attached hydrogens (tertiary/aromatic N) is 1. The van der Waals surface area contributed by atoms with E-state index in [0.29, 0.717) is 17.3 Å². The van der Waals surface area contributed by atoms with Crippen LogP contribution in [0.25, 0.3) is 0 Å². The first kappa shape index (κ1) is 19.7. The number of rotatable bonds is 6. The van der Waals surface area contributed by atoms with E-state index in [9.17, 15) is 8.42 Å². The second-order valence-electron chi connectivity index (χ2n) is 5.55. The van der Waals surface area contributed by atoms with Crippen LogP contribution in [0.15, 0.2) is 53.4 Å². The molecule has 0 radical (unpaired) electrons. The number of halogens is 1. The number of hydrogen-bond donors (Lipinski definition) is 2. The lowest BCUT2D eigenvalue weighted by atomic mass is 10.1. The number of benzene rings is 2. The van der Waals surface area contributed by atoms with Crippen molar-refractivity contribution in [2.24, 2.45) is 0 Å². The molecular weight excluding hydrogens is 378 g/mol. The van der Waals surface area contributed by atoms with Gasteiger partial charge in [-0.15, -0.1) is 0 Å². The van der Waals surface area contributed by atoms with Crippen molar-refractivity contribution in [3.05, 3.63) is 59.1 Å². The van der Waals surface area contributed by atoms with E-state index in [1.54, 1.807) is 6.07 Å².